The van der Waals surface area contributed by atoms with Crippen molar-refractivity contribution in [3.63, 3.8) is 0 Å². The number of anilines is 1. The van der Waals surface area contributed by atoms with Gasteiger partial charge in [-0.15, -0.1) is 0 Å². The second kappa shape index (κ2) is 10.2. The van der Waals surface area contributed by atoms with E-state index in [4.69, 9.17) is 4.74 Å². The number of ether oxygens (including phenoxy) is 1. The van der Waals surface area contributed by atoms with Crippen molar-refractivity contribution in [3.05, 3.63) is 23.9 Å². The SMILES string of the molecule is CCCNc1cccc(C(=O)NCCCCCOC)n1. The molecule has 1 rings (SSSR count). The van der Waals surface area contributed by atoms with Gasteiger partial charge in [0.15, 0.2) is 0 Å². The van der Waals surface area contributed by atoms with Crippen LogP contribution in [0.1, 0.15) is 43.1 Å². The molecule has 5 heteroatoms. The van der Waals surface area contributed by atoms with Gasteiger partial charge in [0.1, 0.15) is 11.5 Å². The summed E-state index contributed by atoms with van der Waals surface area (Å²) in [6, 6.07) is 5.45. The Bertz CT molecular complexity index is 396. The third-order valence-electron chi connectivity index (χ3n) is 2.85. The van der Waals surface area contributed by atoms with Crippen molar-refractivity contribution in [1.29, 1.82) is 0 Å². The monoisotopic (exact) mass is 279 g/mol. The molecule has 0 saturated heterocycles. The molecule has 1 aromatic rings. The molecule has 0 aromatic carbocycles. The molecule has 0 aliphatic carbocycles. The van der Waals surface area contributed by atoms with Gasteiger partial charge in [-0.2, -0.15) is 0 Å². The van der Waals surface area contributed by atoms with Crippen LogP contribution < -0.4 is 10.6 Å². The van der Waals surface area contributed by atoms with Crippen molar-refractivity contribution in [1.82, 2.24) is 10.3 Å². The maximum Gasteiger partial charge on any atom is 0.269 e. The lowest BCUT2D eigenvalue weighted by Gasteiger charge is -2.07. The smallest absolute Gasteiger partial charge is 0.269 e. The van der Waals surface area contributed by atoms with E-state index in [-0.39, 0.29) is 5.91 Å². The molecule has 0 aliphatic rings. The number of rotatable bonds is 10. The third-order valence-corrected chi connectivity index (χ3v) is 2.85. The summed E-state index contributed by atoms with van der Waals surface area (Å²) in [5.41, 5.74) is 0.461. The summed E-state index contributed by atoms with van der Waals surface area (Å²) in [6.45, 7) is 4.40. The largest absolute Gasteiger partial charge is 0.385 e. The maximum atomic E-state index is 11.9. The van der Waals surface area contributed by atoms with Gasteiger partial charge < -0.3 is 15.4 Å². The van der Waals surface area contributed by atoms with Gasteiger partial charge >= 0.3 is 0 Å². The van der Waals surface area contributed by atoms with Gasteiger partial charge in [-0.1, -0.05) is 13.0 Å². The summed E-state index contributed by atoms with van der Waals surface area (Å²) in [5, 5.41) is 6.06. The quantitative estimate of drug-likeness (QED) is 0.646. The lowest BCUT2D eigenvalue weighted by Crippen LogP contribution is -2.25. The number of nitrogens with one attached hydrogen (secondary N) is 2. The summed E-state index contributed by atoms with van der Waals surface area (Å²) in [6.07, 6.45) is 4.07. The predicted molar refractivity (Wildman–Crippen MR) is 81.1 cm³/mol. The van der Waals surface area contributed by atoms with Crippen LogP contribution in [-0.2, 0) is 4.74 Å². The van der Waals surface area contributed by atoms with Gasteiger partial charge in [-0.25, -0.2) is 4.98 Å². The zero-order chi connectivity index (χ0) is 14.6. The molecule has 0 aliphatic heterocycles. The molecule has 0 unspecified atom stereocenters. The Labute approximate surface area is 121 Å². The van der Waals surface area contributed by atoms with Crippen LogP contribution in [0, 0.1) is 0 Å². The highest BCUT2D eigenvalue weighted by atomic mass is 16.5. The Kier molecular flexibility index (Phi) is 8.38. The van der Waals surface area contributed by atoms with E-state index in [0.717, 1.165) is 44.7 Å². The molecule has 0 saturated carbocycles. The van der Waals surface area contributed by atoms with Crippen LogP contribution in [0.15, 0.2) is 18.2 Å². The molecule has 2 N–H and O–H groups in total. The molecule has 1 aromatic heterocycles. The number of hydrogen-bond donors (Lipinski definition) is 2. The van der Waals surface area contributed by atoms with Crippen LogP contribution in [0.4, 0.5) is 5.82 Å². The van der Waals surface area contributed by atoms with Crippen LogP contribution in [0.5, 0.6) is 0 Å². The van der Waals surface area contributed by atoms with Crippen molar-refractivity contribution in [3.8, 4) is 0 Å². The van der Waals surface area contributed by atoms with E-state index >= 15 is 0 Å². The highest BCUT2D eigenvalue weighted by Crippen LogP contribution is 2.05. The molecular weight excluding hydrogens is 254 g/mol. The van der Waals surface area contributed by atoms with Crippen LogP contribution >= 0.6 is 0 Å². The number of unbranched alkanes of at least 4 members (excludes halogenated alkanes) is 2. The van der Waals surface area contributed by atoms with Gasteiger partial charge in [-0.05, 0) is 37.8 Å². The van der Waals surface area contributed by atoms with Gasteiger partial charge in [-0.3, -0.25) is 4.79 Å². The molecule has 0 bridgehead atoms. The van der Waals surface area contributed by atoms with Crippen LogP contribution in [-0.4, -0.2) is 37.7 Å². The fourth-order valence-corrected chi connectivity index (χ4v) is 1.75. The molecule has 20 heavy (non-hydrogen) atoms. The molecule has 112 valence electrons. The van der Waals surface area contributed by atoms with Gasteiger partial charge in [0.25, 0.3) is 5.91 Å². The minimum Gasteiger partial charge on any atom is -0.385 e. The minimum absolute atomic E-state index is 0.114. The second-order valence-electron chi connectivity index (χ2n) is 4.64. The molecule has 5 nitrogen and oxygen atoms in total. The van der Waals surface area contributed by atoms with Crippen LogP contribution in [0.3, 0.4) is 0 Å². The van der Waals surface area contributed by atoms with Crippen molar-refractivity contribution < 1.29 is 9.53 Å². The van der Waals surface area contributed by atoms with Gasteiger partial charge in [0.05, 0.1) is 0 Å². The zero-order valence-electron chi connectivity index (χ0n) is 12.4. The van der Waals surface area contributed by atoms with E-state index < -0.39 is 0 Å². The van der Waals surface area contributed by atoms with Gasteiger partial charge in [0.2, 0.25) is 0 Å². The first-order chi connectivity index (χ1) is 9.77. The van der Waals surface area contributed by atoms with E-state index in [1.54, 1.807) is 13.2 Å². The molecular formula is C15H25N3O2. The van der Waals surface area contributed by atoms with Crippen LogP contribution in [0.2, 0.25) is 0 Å². The van der Waals surface area contributed by atoms with Crippen LogP contribution in [0.25, 0.3) is 0 Å². The van der Waals surface area contributed by atoms with E-state index in [2.05, 4.69) is 22.5 Å². The predicted octanol–water partition coefficient (Wildman–Crippen LogP) is 2.45. The average Bonchev–Trinajstić information content (AvgIpc) is 2.48. The minimum atomic E-state index is -0.114. The number of hydrogen-bond acceptors (Lipinski definition) is 4. The Hall–Kier alpha value is -1.62. The van der Waals surface area contributed by atoms with Gasteiger partial charge in [0, 0.05) is 26.8 Å². The Morgan fingerprint density at radius 3 is 2.85 bits per heavy atom. The molecule has 0 spiro atoms. The number of nitrogens with zero attached hydrogens (tertiary/aromatic N) is 1. The Morgan fingerprint density at radius 1 is 1.25 bits per heavy atom. The molecule has 0 atom stereocenters. The summed E-state index contributed by atoms with van der Waals surface area (Å²) in [7, 11) is 1.70. The van der Waals surface area contributed by atoms with Crippen molar-refractivity contribution >= 4 is 11.7 Å². The summed E-state index contributed by atoms with van der Waals surface area (Å²) < 4.78 is 4.98. The van der Waals surface area contributed by atoms with Crippen molar-refractivity contribution in [2.75, 3.05) is 32.1 Å². The van der Waals surface area contributed by atoms with E-state index in [1.807, 2.05) is 12.1 Å². The maximum absolute atomic E-state index is 11.9. The number of carbonyl (C=O) groups is 1. The first kappa shape index (κ1) is 16.4. The summed E-state index contributed by atoms with van der Waals surface area (Å²) in [5.74, 6) is 0.636. The normalized spacial score (nSPS) is 10.3. The highest BCUT2D eigenvalue weighted by Gasteiger charge is 2.06. The fraction of sp³-hybridized carbons (Fsp3) is 0.600. The topological polar surface area (TPSA) is 63.2 Å². The average molecular weight is 279 g/mol. The van der Waals surface area contributed by atoms with Crippen molar-refractivity contribution in [2.24, 2.45) is 0 Å². The van der Waals surface area contributed by atoms with E-state index in [1.165, 1.54) is 0 Å². The van der Waals surface area contributed by atoms with E-state index in [0.29, 0.717) is 12.2 Å². The number of aromatic nitrogens is 1. The highest BCUT2D eigenvalue weighted by molar-refractivity contribution is 5.92. The second-order valence-corrected chi connectivity index (χ2v) is 4.64. The fourth-order valence-electron chi connectivity index (χ4n) is 1.75. The third kappa shape index (κ3) is 6.52. The first-order valence-corrected chi connectivity index (χ1v) is 7.26. The molecule has 0 fully saturated rings. The number of pyridine rings is 1. The molecule has 1 amide bonds. The lowest BCUT2D eigenvalue weighted by molar-refractivity contribution is 0.0948. The first-order valence-electron chi connectivity index (χ1n) is 7.26. The number of methoxy groups -OCH3 is 1. The lowest BCUT2D eigenvalue weighted by atomic mass is 10.2. The van der Waals surface area contributed by atoms with E-state index in [9.17, 15) is 4.79 Å². The number of carbonyl (C=O) groups excluding carboxylic acids is 1. The summed E-state index contributed by atoms with van der Waals surface area (Å²) in [4.78, 5) is 16.2. The standard InChI is InChI=1S/C15H25N3O2/c1-3-10-16-14-9-7-8-13(18-14)15(19)17-11-5-4-6-12-20-2/h7-9H,3-6,10-12H2,1-2H3,(H,16,18)(H,17,19). The molecule has 1 heterocycles. The number of amides is 1. The zero-order valence-corrected chi connectivity index (χ0v) is 12.4. The Balaban J connectivity index is 2.31. The Morgan fingerprint density at radius 2 is 2.10 bits per heavy atom. The molecule has 0 radical (unpaired) electrons. The van der Waals surface area contributed by atoms with Crippen molar-refractivity contribution in [2.45, 2.75) is 32.6 Å². The summed E-state index contributed by atoms with van der Waals surface area (Å²) >= 11 is 0.